The van der Waals surface area contributed by atoms with Crippen LogP contribution < -0.4 is 5.32 Å². The lowest BCUT2D eigenvalue weighted by Crippen LogP contribution is -2.40. The minimum absolute atomic E-state index is 0. The van der Waals surface area contributed by atoms with Crippen molar-refractivity contribution >= 4 is 29.9 Å². The summed E-state index contributed by atoms with van der Waals surface area (Å²) < 4.78 is 5.56. The molecule has 0 spiro atoms. The van der Waals surface area contributed by atoms with Crippen LogP contribution in [0.2, 0.25) is 0 Å². The zero-order valence-corrected chi connectivity index (χ0v) is 17.5. The molecule has 0 saturated carbocycles. The molecular formula is C18H31IN4O. The fourth-order valence-electron chi connectivity index (χ4n) is 2.81. The Hall–Kier alpha value is -0.890. The number of pyridine rings is 1. The lowest BCUT2D eigenvalue weighted by atomic mass is 10.1. The number of hydrogen-bond donors (Lipinski definition) is 1. The number of guanidine groups is 1. The maximum atomic E-state index is 5.56. The van der Waals surface area contributed by atoms with Crippen LogP contribution in [0.5, 0.6) is 0 Å². The highest BCUT2D eigenvalue weighted by Gasteiger charge is 2.24. The maximum absolute atomic E-state index is 5.56. The van der Waals surface area contributed by atoms with E-state index in [0.717, 1.165) is 57.5 Å². The summed E-state index contributed by atoms with van der Waals surface area (Å²) in [5, 5.41) is 3.42. The number of rotatable bonds is 7. The molecule has 1 atom stereocenters. The standard InChI is InChI=1S/C18H30N4O.HI/c1-4-19-18(22-11-9-17(13-22)14-23-5-2)20-10-8-16-7-6-15(3)21-12-16;/h6-7,12,17H,4-5,8-11,13-14H2,1-3H3,(H,19,20);1H. The van der Waals surface area contributed by atoms with E-state index in [0.29, 0.717) is 5.92 Å². The van der Waals surface area contributed by atoms with Gasteiger partial charge in [0, 0.05) is 50.6 Å². The molecule has 1 aliphatic heterocycles. The summed E-state index contributed by atoms with van der Waals surface area (Å²) in [5.41, 5.74) is 2.30. The second-order valence-electron chi connectivity index (χ2n) is 6.05. The molecule has 1 aliphatic rings. The van der Waals surface area contributed by atoms with Crippen molar-refractivity contribution in [1.82, 2.24) is 15.2 Å². The first-order valence-electron chi connectivity index (χ1n) is 8.75. The third-order valence-electron chi connectivity index (χ3n) is 4.11. The van der Waals surface area contributed by atoms with Crippen LogP contribution >= 0.6 is 24.0 Å². The van der Waals surface area contributed by atoms with Crippen LogP contribution in [0.1, 0.15) is 31.5 Å². The monoisotopic (exact) mass is 446 g/mol. The molecule has 0 amide bonds. The van der Waals surface area contributed by atoms with E-state index in [2.05, 4.69) is 41.2 Å². The number of ether oxygens (including phenoxy) is 1. The van der Waals surface area contributed by atoms with Crippen molar-refractivity contribution in [1.29, 1.82) is 0 Å². The van der Waals surface area contributed by atoms with Gasteiger partial charge in [-0.25, -0.2) is 0 Å². The molecule has 0 aliphatic carbocycles. The molecule has 6 heteroatoms. The molecule has 0 radical (unpaired) electrons. The van der Waals surface area contributed by atoms with Gasteiger partial charge in [0.2, 0.25) is 0 Å². The van der Waals surface area contributed by atoms with Gasteiger partial charge < -0.3 is 15.0 Å². The third kappa shape index (κ3) is 6.93. The molecule has 1 saturated heterocycles. The SMILES string of the molecule is CCNC(=NCCc1ccc(C)nc1)N1CCC(COCC)C1.I. The quantitative estimate of drug-likeness (QED) is 0.398. The van der Waals surface area contributed by atoms with Gasteiger partial charge >= 0.3 is 0 Å². The van der Waals surface area contributed by atoms with E-state index in [4.69, 9.17) is 9.73 Å². The van der Waals surface area contributed by atoms with E-state index in [-0.39, 0.29) is 24.0 Å². The van der Waals surface area contributed by atoms with Gasteiger partial charge in [-0.2, -0.15) is 0 Å². The Bertz CT molecular complexity index is 492. The van der Waals surface area contributed by atoms with Gasteiger partial charge in [-0.15, -0.1) is 24.0 Å². The Balaban J connectivity index is 0.00000288. The molecule has 1 unspecified atom stereocenters. The van der Waals surface area contributed by atoms with Gasteiger partial charge in [0.05, 0.1) is 6.61 Å². The van der Waals surface area contributed by atoms with Gasteiger partial charge in [0.25, 0.3) is 0 Å². The molecule has 0 aromatic carbocycles. The van der Waals surface area contributed by atoms with Crippen molar-refractivity contribution in [3.05, 3.63) is 29.6 Å². The highest BCUT2D eigenvalue weighted by atomic mass is 127. The fourth-order valence-corrected chi connectivity index (χ4v) is 2.81. The molecule has 1 aromatic rings. The zero-order chi connectivity index (χ0) is 16.5. The van der Waals surface area contributed by atoms with Crippen LogP contribution in [0.4, 0.5) is 0 Å². The number of aliphatic imine (C=N–C) groups is 1. The van der Waals surface area contributed by atoms with Gasteiger partial charge in [0.15, 0.2) is 5.96 Å². The molecule has 1 fully saturated rings. The van der Waals surface area contributed by atoms with Gasteiger partial charge in [-0.3, -0.25) is 9.98 Å². The van der Waals surface area contributed by atoms with E-state index in [1.165, 1.54) is 12.0 Å². The van der Waals surface area contributed by atoms with Gasteiger partial charge in [-0.05, 0) is 45.2 Å². The molecule has 24 heavy (non-hydrogen) atoms. The minimum Gasteiger partial charge on any atom is -0.381 e. The topological polar surface area (TPSA) is 49.8 Å². The van der Waals surface area contributed by atoms with Gasteiger partial charge in [0.1, 0.15) is 0 Å². The third-order valence-corrected chi connectivity index (χ3v) is 4.11. The second kappa shape index (κ2) is 11.6. The zero-order valence-electron chi connectivity index (χ0n) is 15.1. The summed E-state index contributed by atoms with van der Waals surface area (Å²) in [5.74, 6) is 1.66. The lowest BCUT2D eigenvalue weighted by molar-refractivity contribution is 0.114. The van der Waals surface area contributed by atoms with Crippen LogP contribution in [-0.2, 0) is 11.2 Å². The number of aryl methyl sites for hydroxylation is 1. The van der Waals surface area contributed by atoms with Gasteiger partial charge in [-0.1, -0.05) is 6.07 Å². The molecule has 2 rings (SSSR count). The van der Waals surface area contributed by atoms with Crippen LogP contribution in [0.25, 0.3) is 0 Å². The molecular weight excluding hydrogens is 415 g/mol. The smallest absolute Gasteiger partial charge is 0.193 e. The lowest BCUT2D eigenvalue weighted by Gasteiger charge is -2.21. The number of halogens is 1. The number of likely N-dealkylation sites (tertiary alicyclic amines) is 1. The molecule has 5 nitrogen and oxygen atoms in total. The van der Waals surface area contributed by atoms with Crippen LogP contribution in [0.15, 0.2) is 23.3 Å². The van der Waals surface area contributed by atoms with Crippen LogP contribution in [-0.4, -0.2) is 55.2 Å². The van der Waals surface area contributed by atoms with Crippen molar-refractivity contribution in [2.75, 3.05) is 39.4 Å². The van der Waals surface area contributed by atoms with E-state index in [1.807, 2.05) is 13.1 Å². The fraction of sp³-hybridized carbons (Fsp3) is 0.667. The van der Waals surface area contributed by atoms with Crippen LogP contribution in [0, 0.1) is 12.8 Å². The normalized spacial score (nSPS) is 17.7. The molecule has 0 bridgehead atoms. The van der Waals surface area contributed by atoms with Crippen LogP contribution in [0.3, 0.4) is 0 Å². The largest absolute Gasteiger partial charge is 0.381 e. The van der Waals surface area contributed by atoms with E-state index in [1.54, 1.807) is 0 Å². The molecule has 136 valence electrons. The highest BCUT2D eigenvalue weighted by molar-refractivity contribution is 14.0. The number of aromatic nitrogens is 1. The Morgan fingerprint density at radius 1 is 1.42 bits per heavy atom. The Morgan fingerprint density at radius 3 is 2.92 bits per heavy atom. The Morgan fingerprint density at radius 2 is 2.25 bits per heavy atom. The average molecular weight is 446 g/mol. The van der Waals surface area contributed by atoms with Crippen molar-refractivity contribution < 1.29 is 4.74 Å². The van der Waals surface area contributed by atoms with Crippen molar-refractivity contribution in [2.45, 2.75) is 33.6 Å². The van der Waals surface area contributed by atoms with E-state index in [9.17, 15) is 0 Å². The average Bonchev–Trinajstić information content (AvgIpc) is 3.03. The number of hydrogen-bond acceptors (Lipinski definition) is 3. The Labute approximate surface area is 163 Å². The molecule has 1 aromatic heterocycles. The van der Waals surface area contributed by atoms with E-state index < -0.39 is 0 Å². The van der Waals surface area contributed by atoms with E-state index >= 15 is 0 Å². The number of nitrogens with one attached hydrogen (secondary N) is 1. The predicted octanol–water partition coefficient (Wildman–Crippen LogP) is 2.87. The first kappa shape index (κ1) is 21.2. The summed E-state index contributed by atoms with van der Waals surface area (Å²) in [6.45, 7) is 11.6. The second-order valence-corrected chi connectivity index (χ2v) is 6.05. The summed E-state index contributed by atoms with van der Waals surface area (Å²) in [6, 6.07) is 4.20. The summed E-state index contributed by atoms with van der Waals surface area (Å²) in [7, 11) is 0. The van der Waals surface area contributed by atoms with Crippen molar-refractivity contribution in [3.63, 3.8) is 0 Å². The molecule has 1 N–H and O–H groups in total. The first-order chi connectivity index (χ1) is 11.2. The highest BCUT2D eigenvalue weighted by Crippen LogP contribution is 2.16. The summed E-state index contributed by atoms with van der Waals surface area (Å²) >= 11 is 0. The number of nitrogens with zero attached hydrogens (tertiary/aromatic N) is 3. The van der Waals surface area contributed by atoms with Crippen molar-refractivity contribution in [2.24, 2.45) is 10.9 Å². The minimum atomic E-state index is 0. The Kier molecular flexibility index (Phi) is 10.2. The van der Waals surface area contributed by atoms with Crippen molar-refractivity contribution in [3.8, 4) is 0 Å². The molecule has 2 heterocycles. The maximum Gasteiger partial charge on any atom is 0.193 e. The summed E-state index contributed by atoms with van der Waals surface area (Å²) in [6.07, 6.45) is 4.07. The predicted molar refractivity (Wildman–Crippen MR) is 110 cm³/mol. The first-order valence-corrected chi connectivity index (χ1v) is 8.75. The summed E-state index contributed by atoms with van der Waals surface area (Å²) in [4.78, 5) is 11.5.